The van der Waals surface area contributed by atoms with Gasteiger partial charge in [-0.1, -0.05) is 26.7 Å². The third-order valence-corrected chi connectivity index (χ3v) is 4.87. The largest absolute Gasteiger partial charge is 0.313 e. The van der Waals surface area contributed by atoms with E-state index in [-0.39, 0.29) is 0 Å². The van der Waals surface area contributed by atoms with Crippen molar-refractivity contribution in [2.45, 2.75) is 52.0 Å². The molecule has 0 saturated heterocycles. The molecule has 0 aromatic carbocycles. The van der Waals surface area contributed by atoms with Crippen LogP contribution in [-0.4, -0.2) is 12.6 Å². The zero-order valence-electron chi connectivity index (χ0n) is 11.1. The summed E-state index contributed by atoms with van der Waals surface area (Å²) in [5.74, 6) is 1.80. The van der Waals surface area contributed by atoms with Gasteiger partial charge in [0.25, 0.3) is 0 Å². The standard InChI is InChI=1S/C15H25NS/c1-3-8-16-15(10-13-7-9-17-11-13)14-6-4-5-12(14)2/h7,9,11-12,14-16H,3-6,8,10H2,1-2H3. The van der Waals surface area contributed by atoms with Gasteiger partial charge in [0.15, 0.2) is 0 Å². The zero-order valence-corrected chi connectivity index (χ0v) is 11.9. The lowest BCUT2D eigenvalue weighted by atomic mass is 9.87. The van der Waals surface area contributed by atoms with Gasteiger partial charge in [0.05, 0.1) is 0 Å². The summed E-state index contributed by atoms with van der Waals surface area (Å²) in [7, 11) is 0. The van der Waals surface area contributed by atoms with Crippen LogP contribution in [0.15, 0.2) is 16.8 Å². The van der Waals surface area contributed by atoms with Gasteiger partial charge in [0, 0.05) is 6.04 Å². The van der Waals surface area contributed by atoms with Crippen LogP contribution in [0.2, 0.25) is 0 Å². The Morgan fingerprint density at radius 1 is 1.47 bits per heavy atom. The van der Waals surface area contributed by atoms with Gasteiger partial charge >= 0.3 is 0 Å². The van der Waals surface area contributed by atoms with Crippen molar-refractivity contribution in [3.8, 4) is 0 Å². The van der Waals surface area contributed by atoms with Gasteiger partial charge in [-0.15, -0.1) is 0 Å². The van der Waals surface area contributed by atoms with Crippen LogP contribution < -0.4 is 5.32 Å². The molecular formula is C15H25NS. The topological polar surface area (TPSA) is 12.0 Å². The van der Waals surface area contributed by atoms with E-state index in [1.807, 2.05) is 11.3 Å². The minimum absolute atomic E-state index is 0.696. The highest BCUT2D eigenvalue weighted by atomic mass is 32.1. The maximum absolute atomic E-state index is 3.78. The summed E-state index contributed by atoms with van der Waals surface area (Å²) >= 11 is 1.82. The third-order valence-electron chi connectivity index (χ3n) is 4.14. The van der Waals surface area contributed by atoms with Gasteiger partial charge in [-0.05, 0) is 60.0 Å². The molecule has 1 aliphatic carbocycles. The van der Waals surface area contributed by atoms with Crippen molar-refractivity contribution < 1.29 is 0 Å². The first-order chi connectivity index (χ1) is 8.31. The fourth-order valence-electron chi connectivity index (χ4n) is 3.14. The van der Waals surface area contributed by atoms with Crippen molar-refractivity contribution in [1.29, 1.82) is 0 Å². The van der Waals surface area contributed by atoms with Crippen LogP contribution in [0.1, 0.15) is 45.1 Å². The highest BCUT2D eigenvalue weighted by Crippen LogP contribution is 2.34. The van der Waals surface area contributed by atoms with E-state index in [0.29, 0.717) is 6.04 Å². The fraction of sp³-hybridized carbons (Fsp3) is 0.733. The number of thiophene rings is 1. The van der Waals surface area contributed by atoms with Crippen molar-refractivity contribution in [2.24, 2.45) is 11.8 Å². The smallest absolute Gasteiger partial charge is 0.0139 e. The van der Waals surface area contributed by atoms with Gasteiger partial charge in [-0.2, -0.15) is 11.3 Å². The molecule has 1 heterocycles. The van der Waals surface area contributed by atoms with Crippen molar-refractivity contribution in [3.63, 3.8) is 0 Å². The van der Waals surface area contributed by atoms with E-state index in [1.165, 1.54) is 37.7 Å². The first-order valence-corrected chi connectivity index (χ1v) is 8.00. The lowest BCUT2D eigenvalue weighted by molar-refractivity contribution is 0.295. The van der Waals surface area contributed by atoms with Gasteiger partial charge in [0.1, 0.15) is 0 Å². The van der Waals surface area contributed by atoms with Gasteiger partial charge in [-0.3, -0.25) is 0 Å². The van der Waals surface area contributed by atoms with Crippen LogP contribution in [0, 0.1) is 11.8 Å². The molecule has 2 rings (SSSR count). The predicted molar refractivity (Wildman–Crippen MR) is 76.6 cm³/mol. The van der Waals surface area contributed by atoms with Crippen LogP contribution in [0.3, 0.4) is 0 Å². The first-order valence-electron chi connectivity index (χ1n) is 7.05. The molecule has 1 fully saturated rings. The van der Waals surface area contributed by atoms with Crippen LogP contribution in [0.5, 0.6) is 0 Å². The number of hydrogen-bond donors (Lipinski definition) is 1. The molecule has 1 N–H and O–H groups in total. The Labute approximate surface area is 110 Å². The van der Waals surface area contributed by atoms with E-state index in [1.54, 1.807) is 0 Å². The second-order valence-electron chi connectivity index (χ2n) is 5.47. The second kappa shape index (κ2) is 6.55. The molecule has 1 nitrogen and oxygen atoms in total. The number of rotatable bonds is 6. The van der Waals surface area contributed by atoms with Crippen molar-refractivity contribution in [1.82, 2.24) is 5.32 Å². The van der Waals surface area contributed by atoms with Crippen molar-refractivity contribution in [3.05, 3.63) is 22.4 Å². The van der Waals surface area contributed by atoms with Crippen LogP contribution in [0.25, 0.3) is 0 Å². The Morgan fingerprint density at radius 3 is 2.94 bits per heavy atom. The quantitative estimate of drug-likeness (QED) is 0.803. The summed E-state index contributed by atoms with van der Waals surface area (Å²) in [5, 5.41) is 8.29. The molecule has 1 aromatic heterocycles. The maximum Gasteiger partial charge on any atom is 0.0139 e. The zero-order chi connectivity index (χ0) is 12.1. The molecule has 0 radical (unpaired) electrons. The maximum atomic E-state index is 3.78. The molecule has 1 aliphatic rings. The molecule has 1 aromatic rings. The molecule has 1 saturated carbocycles. The Morgan fingerprint density at radius 2 is 2.35 bits per heavy atom. The minimum Gasteiger partial charge on any atom is -0.313 e. The molecule has 0 aliphatic heterocycles. The average Bonchev–Trinajstić information content (AvgIpc) is 2.95. The van der Waals surface area contributed by atoms with Gasteiger partial charge in [-0.25, -0.2) is 0 Å². The lowest BCUT2D eigenvalue weighted by Gasteiger charge is -2.28. The summed E-state index contributed by atoms with van der Waals surface area (Å²) in [5.41, 5.74) is 1.52. The molecule has 3 unspecified atom stereocenters. The van der Waals surface area contributed by atoms with Crippen LogP contribution >= 0.6 is 11.3 Å². The molecule has 0 amide bonds. The molecule has 0 bridgehead atoms. The molecular weight excluding hydrogens is 226 g/mol. The Bertz CT molecular complexity index is 307. The van der Waals surface area contributed by atoms with Crippen molar-refractivity contribution >= 4 is 11.3 Å². The van der Waals surface area contributed by atoms with Crippen molar-refractivity contribution in [2.75, 3.05) is 6.54 Å². The normalized spacial score (nSPS) is 26.2. The molecule has 2 heteroatoms. The summed E-state index contributed by atoms with van der Waals surface area (Å²) in [6, 6.07) is 2.98. The van der Waals surface area contributed by atoms with E-state index >= 15 is 0 Å². The molecule has 3 atom stereocenters. The summed E-state index contributed by atoms with van der Waals surface area (Å²) in [4.78, 5) is 0. The highest BCUT2D eigenvalue weighted by Gasteiger charge is 2.30. The van der Waals surface area contributed by atoms with E-state index in [0.717, 1.165) is 18.4 Å². The SMILES string of the molecule is CCCNC(Cc1ccsc1)C1CCCC1C. The monoisotopic (exact) mass is 251 g/mol. The van der Waals surface area contributed by atoms with Gasteiger partial charge < -0.3 is 5.32 Å². The fourth-order valence-corrected chi connectivity index (χ4v) is 3.82. The molecule has 0 spiro atoms. The second-order valence-corrected chi connectivity index (χ2v) is 6.25. The summed E-state index contributed by atoms with van der Waals surface area (Å²) in [6.07, 6.45) is 6.74. The Balaban J connectivity index is 1.97. The van der Waals surface area contributed by atoms with E-state index < -0.39 is 0 Å². The van der Waals surface area contributed by atoms with E-state index in [9.17, 15) is 0 Å². The number of nitrogens with one attached hydrogen (secondary N) is 1. The average molecular weight is 251 g/mol. The summed E-state index contributed by atoms with van der Waals surface area (Å²) in [6.45, 7) is 5.86. The summed E-state index contributed by atoms with van der Waals surface area (Å²) < 4.78 is 0. The van der Waals surface area contributed by atoms with Gasteiger partial charge in [0.2, 0.25) is 0 Å². The molecule has 96 valence electrons. The lowest BCUT2D eigenvalue weighted by Crippen LogP contribution is -2.39. The Hall–Kier alpha value is -0.340. The predicted octanol–water partition coefficient (Wildman–Crippen LogP) is 4.10. The minimum atomic E-state index is 0.696. The van der Waals surface area contributed by atoms with E-state index in [2.05, 4.69) is 36.0 Å². The third kappa shape index (κ3) is 3.56. The van der Waals surface area contributed by atoms with E-state index in [4.69, 9.17) is 0 Å². The highest BCUT2D eigenvalue weighted by molar-refractivity contribution is 7.07. The molecule has 17 heavy (non-hydrogen) atoms. The Kier molecular flexibility index (Phi) is 5.05. The first kappa shape index (κ1) is 13.1. The number of hydrogen-bond acceptors (Lipinski definition) is 2. The van der Waals surface area contributed by atoms with Crippen LogP contribution in [-0.2, 0) is 6.42 Å². The van der Waals surface area contributed by atoms with Crippen LogP contribution in [0.4, 0.5) is 0 Å².